The Morgan fingerprint density at radius 1 is 1.03 bits per heavy atom. The average molecular weight is 523 g/mol. The van der Waals surface area contributed by atoms with Crippen LogP contribution < -0.4 is 14.5 Å². The van der Waals surface area contributed by atoms with Crippen molar-refractivity contribution in [1.82, 2.24) is 0 Å². The molecule has 3 aromatic rings. The number of amides is 1. The number of ether oxygens (including phenoxy) is 2. The summed E-state index contributed by atoms with van der Waals surface area (Å²) in [6.45, 7) is 3.66. The maximum Gasteiger partial charge on any atom is 0.318 e. The van der Waals surface area contributed by atoms with Gasteiger partial charge in [-0.3, -0.25) is 25.0 Å². The highest BCUT2D eigenvalue weighted by Gasteiger charge is 2.29. The van der Waals surface area contributed by atoms with Crippen LogP contribution in [0.1, 0.15) is 19.4 Å². The first-order valence-electron chi connectivity index (χ1n) is 10.9. The van der Waals surface area contributed by atoms with Crippen molar-refractivity contribution in [2.45, 2.75) is 13.8 Å². The molecule has 0 spiro atoms. The third kappa shape index (κ3) is 5.26. The van der Waals surface area contributed by atoms with E-state index in [0.29, 0.717) is 22.5 Å². The van der Waals surface area contributed by atoms with Gasteiger partial charge in [0.05, 0.1) is 44.5 Å². The molecule has 12 heteroatoms. The van der Waals surface area contributed by atoms with Gasteiger partial charge in [-0.15, -0.1) is 0 Å². The number of para-hydroxylation sites is 1. The Hall–Kier alpha value is -4.77. The lowest BCUT2D eigenvalue weighted by Gasteiger charge is -2.14. The molecule has 1 amide bonds. The number of nitro groups is 2. The van der Waals surface area contributed by atoms with E-state index in [-0.39, 0.29) is 34.8 Å². The monoisotopic (exact) mass is 522 g/mol. The summed E-state index contributed by atoms with van der Waals surface area (Å²) < 4.78 is 11.4. The maximum absolute atomic E-state index is 13.0. The normalized spacial score (nSPS) is 14.0. The Morgan fingerprint density at radius 2 is 1.76 bits per heavy atom. The van der Waals surface area contributed by atoms with E-state index in [1.54, 1.807) is 50.3 Å². The van der Waals surface area contributed by atoms with Gasteiger partial charge in [0.15, 0.2) is 11.5 Å². The molecule has 0 fully saturated rings. The zero-order valence-electron chi connectivity index (χ0n) is 19.6. The number of hydrazone groups is 1. The summed E-state index contributed by atoms with van der Waals surface area (Å²) in [6, 6.07) is 15.1. The molecule has 1 aliphatic heterocycles. The summed E-state index contributed by atoms with van der Waals surface area (Å²) in [6.07, 6.45) is 1.61. The molecule has 188 valence electrons. The number of benzene rings is 3. The Kier molecular flexibility index (Phi) is 7.16. The SMILES string of the molecule is CCOc1cc(/C=C2/C(=O)N(c3ccccc3)N=C2C)cc(Cl)c1Oc1ccc([N+](=O)[O-])cc1[N+](=O)[O-]. The number of hydrogen-bond donors (Lipinski definition) is 0. The molecule has 1 heterocycles. The van der Waals surface area contributed by atoms with Crippen LogP contribution in [0.2, 0.25) is 5.02 Å². The lowest BCUT2D eigenvalue weighted by Crippen LogP contribution is -2.21. The summed E-state index contributed by atoms with van der Waals surface area (Å²) in [7, 11) is 0. The van der Waals surface area contributed by atoms with E-state index in [4.69, 9.17) is 21.1 Å². The third-order valence-electron chi connectivity index (χ3n) is 5.27. The van der Waals surface area contributed by atoms with Gasteiger partial charge >= 0.3 is 5.69 Å². The van der Waals surface area contributed by atoms with Gasteiger partial charge in [0.25, 0.3) is 11.6 Å². The molecular weight excluding hydrogens is 504 g/mol. The van der Waals surface area contributed by atoms with Crippen LogP contribution in [0.5, 0.6) is 17.2 Å². The average Bonchev–Trinajstić information content (AvgIpc) is 3.15. The molecule has 37 heavy (non-hydrogen) atoms. The van der Waals surface area contributed by atoms with E-state index >= 15 is 0 Å². The van der Waals surface area contributed by atoms with Crippen molar-refractivity contribution in [2.24, 2.45) is 5.10 Å². The topological polar surface area (TPSA) is 137 Å². The molecule has 0 saturated carbocycles. The molecular formula is C25H19ClN4O7. The van der Waals surface area contributed by atoms with Gasteiger partial charge < -0.3 is 9.47 Å². The quantitative estimate of drug-likeness (QED) is 0.196. The predicted molar refractivity (Wildman–Crippen MR) is 137 cm³/mol. The lowest BCUT2D eigenvalue weighted by atomic mass is 10.1. The van der Waals surface area contributed by atoms with E-state index in [2.05, 4.69) is 5.10 Å². The molecule has 0 unspecified atom stereocenters. The smallest absolute Gasteiger partial charge is 0.318 e. The van der Waals surface area contributed by atoms with Gasteiger partial charge in [0.1, 0.15) is 0 Å². The fourth-order valence-corrected chi connectivity index (χ4v) is 3.84. The molecule has 4 rings (SSSR count). The molecule has 3 aromatic carbocycles. The maximum atomic E-state index is 13.0. The summed E-state index contributed by atoms with van der Waals surface area (Å²) in [4.78, 5) is 34.0. The van der Waals surface area contributed by atoms with E-state index in [9.17, 15) is 25.0 Å². The second-order valence-corrected chi connectivity index (χ2v) is 8.13. The summed E-state index contributed by atoms with van der Waals surface area (Å²) in [5.41, 5.74) is 0.915. The van der Waals surface area contributed by atoms with Crippen LogP contribution in [0.25, 0.3) is 6.08 Å². The Labute approximate surface area is 215 Å². The molecule has 0 N–H and O–H groups in total. The molecule has 0 aromatic heterocycles. The van der Waals surface area contributed by atoms with Crippen molar-refractivity contribution < 1.29 is 24.1 Å². The zero-order valence-corrected chi connectivity index (χ0v) is 20.3. The second-order valence-electron chi connectivity index (χ2n) is 7.73. The van der Waals surface area contributed by atoms with Crippen LogP contribution in [-0.2, 0) is 4.79 Å². The number of nitrogens with zero attached hydrogens (tertiary/aromatic N) is 4. The van der Waals surface area contributed by atoms with E-state index in [1.807, 2.05) is 6.07 Å². The fraction of sp³-hybridized carbons (Fsp3) is 0.120. The first-order chi connectivity index (χ1) is 17.7. The molecule has 0 saturated heterocycles. The van der Waals surface area contributed by atoms with Crippen LogP contribution in [-0.4, -0.2) is 28.1 Å². The number of non-ortho nitro benzene ring substituents is 1. The second kappa shape index (κ2) is 10.5. The van der Waals surface area contributed by atoms with Gasteiger partial charge in [-0.1, -0.05) is 29.8 Å². The fourth-order valence-electron chi connectivity index (χ4n) is 3.59. The highest BCUT2D eigenvalue weighted by Crippen LogP contribution is 2.43. The van der Waals surface area contributed by atoms with Gasteiger partial charge in [-0.05, 0) is 55.8 Å². The highest BCUT2D eigenvalue weighted by atomic mass is 35.5. The van der Waals surface area contributed by atoms with Crippen LogP contribution in [0.4, 0.5) is 17.1 Å². The summed E-state index contributed by atoms with van der Waals surface area (Å²) in [5, 5.41) is 28.2. The number of nitro benzene ring substituents is 2. The number of rotatable bonds is 8. The minimum Gasteiger partial charge on any atom is -0.490 e. The molecule has 0 atom stereocenters. The predicted octanol–water partition coefficient (Wildman–Crippen LogP) is 6.15. The zero-order chi connectivity index (χ0) is 26.7. The Morgan fingerprint density at radius 3 is 2.41 bits per heavy atom. The van der Waals surface area contributed by atoms with Crippen molar-refractivity contribution in [2.75, 3.05) is 11.6 Å². The first-order valence-corrected chi connectivity index (χ1v) is 11.3. The molecule has 1 aliphatic rings. The standard InChI is InChI=1S/C25H19ClN4O7/c1-3-36-23-13-16(11-19-15(2)27-28(25(19)31)17-7-5-4-6-8-17)12-20(26)24(23)37-22-10-9-18(29(32)33)14-21(22)30(34)35/h4-14H,3H2,1-2H3/b19-11+. The summed E-state index contributed by atoms with van der Waals surface area (Å²) in [5.74, 6) is -0.428. The number of carbonyl (C=O) groups excluding carboxylic acids is 1. The minimum atomic E-state index is -0.790. The van der Waals surface area contributed by atoms with Crippen LogP contribution in [0.3, 0.4) is 0 Å². The molecule has 11 nitrogen and oxygen atoms in total. The van der Waals surface area contributed by atoms with Crippen molar-refractivity contribution in [3.8, 4) is 17.2 Å². The molecule has 0 aliphatic carbocycles. The third-order valence-corrected chi connectivity index (χ3v) is 5.55. The van der Waals surface area contributed by atoms with Crippen molar-refractivity contribution in [3.63, 3.8) is 0 Å². The number of carbonyl (C=O) groups is 1. The lowest BCUT2D eigenvalue weighted by molar-refractivity contribution is -0.394. The number of halogens is 1. The van der Waals surface area contributed by atoms with Crippen LogP contribution >= 0.6 is 11.6 Å². The first kappa shape index (κ1) is 25.3. The largest absolute Gasteiger partial charge is 0.490 e. The summed E-state index contributed by atoms with van der Waals surface area (Å²) >= 11 is 6.48. The minimum absolute atomic E-state index is 0.0170. The van der Waals surface area contributed by atoms with Crippen molar-refractivity contribution >= 4 is 46.4 Å². The number of anilines is 1. The van der Waals surface area contributed by atoms with E-state index < -0.39 is 21.2 Å². The van der Waals surface area contributed by atoms with Crippen molar-refractivity contribution in [3.05, 3.63) is 97.1 Å². The highest BCUT2D eigenvalue weighted by molar-refractivity contribution is 6.33. The van der Waals surface area contributed by atoms with Crippen molar-refractivity contribution in [1.29, 1.82) is 0 Å². The Bertz CT molecular complexity index is 1470. The van der Waals surface area contributed by atoms with Gasteiger partial charge in [0.2, 0.25) is 5.75 Å². The molecule has 0 radical (unpaired) electrons. The molecule has 0 bridgehead atoms. The van der Waals surface area contributed by atoms with E-state index in [0.717, 1.165) is 18.2 Å². The number of hydrogen-bond acceptors (Lipinski definition) is 8. The van der Waals surface area contributed by atoms with Crippen LogP contribution in [0.15, 0.2) is 71.3 Å². The van der Waals surface area contributed by atoms with E-state index in [1.165, 1.54) is 11.1 Å². The van der Waals surface area contributed by atoms with Gasteiger partial charge in [-0.2, -0.15) is 10.1 Å². The van der Waals surface area contributed by atoms with Crippen LogP contribution in [0, 0.1) is 20.2 Å². The Balaban J connectivity index is 1.71. The van der Waals surface area contributed by atoms with Gasteiger partial charge in [0, 0.05) is 6.07 Å². The van der Waals surface area contributed by atoms with Gasteiger partial charge in [-0.25, -0.2) is 0 Å².